The van der Waals surface area contributed by atoms with Gasteiger partial charge in [0.25, 0.3) is 5.91 Å². The van der Waals surface area contributed by atoms with Crippen molar-refractivity contribution in [2.45, 2.75) is 12.5 Å². The number of hydrogen-bond acceptors (Lipinski definition) is 4. The summed E-state index contributed by atoms with van der Waals surface area (Å²) in [4.78, 5) is 22.3. The van der Waals surface area contributed by atoms with E-state index < -0.39 is 11.9 Å². The first-order valence-electron chi connectivity index (χ1n) is 5.20. The maximum atomic E-state index is 11.5. The van der Waals surface area contributed by atoms with Gasteiger partial charge < -0.3 is 11.1 Å². The molecule has 0 saturated heterocycles. The van der Waals surface area contributed by atoms with E-state index in [0.29, 0.717) is 6.42 Å². The van der Waals surface area contributed by atoms with Crippen LogP contribution in [0.5, 0.6) is 0 Å². The van der Waals surface area contributed by atoms with E-state index in [1.54, 1.807) is 0 Å². The Labute approximate surface area is 132 Å². The highest BCUT2D eigenvalue weighted by Crippen LogP contribution is 2.01. The Morgan fingerprint density at radius 2 is 1.74 bits per heavy atom. The predicted molar refractivity (Wildman–Crippen MR) is 84.1 cm³/mol. The van der Waals surface area contributed by atoms with E-state index in [9.17, 15) is 9.59 Å². The number of hydrogen-bond donors (Lipinski definition) is 4. The molecule has 0 aliphatic carbocycles. The molecular weight excluding hydrogens is 380 g/mol. The van der Waals surface area contributed by atoms with Gasteiger partial charge in [0.2, 0.25) is 5.91 Å². The van der Waals surface area contributed by atoms with Crippen LogP contribution in [0.25, 0.3) is 0 Å². The lowest BCUT2D eigenvalue weighted by molar-refractivity contribution is -0.126. The highest BCUT2D eigenvalue weighted by molar-refractivity contribution is 8.93. The van der Waals surface area contributed by atoms with E-state index in [1.165, 1.54) is 0 Å². The fourth-order valence-corrected chi connectivity index (χ4v) is 1.31. The Morgan fingerprint density at radius 3 is 2.26 bits per heavy atom. The SMILES string of the molecule is Br.Br.NNC(=O)CNC(=O)[C@@H](N)Cc1ccccc1. The number of amides is 2. The molecule has 1 aromatic carbocycles. The van der Waals surface area contributed by atoms with Gasteiger partial charge in [-0.15, -0.1) is 34.0 Å². The fourth-order valence-electron chi connectivity index (χ4n) is 1.31. The average Bonchev–Trinajstić information content (AvgIpc) is 2.36. The molecule has 1 rings (SSSR count). The Balaban J connectivity index is 0. The van der Waals surface area contributed by atoms with Crippen molar-refractivity contribution in [2.24, 2.45) is 11.6 Å². The summed E-state index contributed by atoms with van der Waals surface area (Å²) in [7, 11) is 0. The summed E-state index contributed by atoms with van der Waals surface area (Å²) in [5.41, 5.74) is 8.59. The quantitative estimate of drug-likeness (QED) is 0.313. The van der Waals surface area contributed by atoms with Crippen LogP contribution in [0, 0.1) is 0 Å². The van der Waals surface area contributed by atoms with Gasteiger partial charge in [-0.25, -0.2) is 5.84 Å². The van der Waals surface area contributed by atoms with Gasteiger partial charge in [0.05, 0.1) is 12.6 Å². The lowest BCUT2D eigenvalue weighted by Crippen LogP contribution is -2.46. The molecule has 0 heterocycles. The number of rotatable bonds is 5. The first kappa shape index (κ1) is 20.4. The monoisotopic (exact) mass is 396 g/mol. The maximum Gasteiger partial charge on any atom is 0.253 e. The first-order chi connectivity index (χ1) is 8.13. The van der Waals surface area contributed by atoms with Crippen molar-refractivity contribution in [1.29, 1.82) is 0 Å². The summed E-state index contributed by atoms with van der Waals surface area (Å²) in [5.74, 6) is 4.03. The van der Waals surface area contributed by atoms with Crippen LogP contribution in [-0.2, 0) is 16.0 Å². The second-order valence-electron chi connectivity index (χ2n) is 3.58. The van der Waals surface area contributed by atoms with Crippen LogP contribution in [0.3, 0.4) is 0 Å². The summed E-state index contributed by atoms with van der Waals surface area (Å²) in [5, 5.41) is 2.40. The Bertz CT molecular complexity index is 390. The third-order valence-electron chi connectivity index (χ3n) is 2.22. The Kier molecular flexibility index (Phi) is 11.7. The van der Waals surface area contributed by atoms with Crippen LogP contribution < -0.4 is 22.3 Å². The molecule has 108 valence electrons. The van der Waals surface area contributed by atoms with E-state index >= 15 is 0 Å². The van der Waals surface area contributed by atoms with Crippen LogP contribution >= 0.6 is 34.0 Å². The first-order valence-corrected chi connectivity index (χ1v) is 5.20. The molecule has 8 heteroatoms. The van der Waals surface area contributed by atoms with Crippen molar-refractivity contribution in [2.75, 3.05) is 6.54 Å². The molecule has 0 unspecified atom stereocenters. The predicted octanol–water partition coefficient (Wildman–Crippen LogP) is -0.182. The molecule has 2 amide bonds. The number of carbonyl (C=O) groups excluding carboxylic acids is 2. The molecule has 6 nitrogen and oxygen atoms in total. The summed E-state index contributed by atoms with van der Waals surface area (Å²) >= 11 is 0. The summed E-state index contributed by atoms with van der Waals surface area (Å²) in [6, 6.07) is 8.74. The summed E-state index contributed by atoms with van der Waals surface area (Å²) in [6.07, 6.45) is 0.427. The number of benzene rings is 1. The van der Waals surface area contributed by atoms with Crippen molar-refractivity contribution in [3.05, 3.63) is 35.9 Å². The molecule has 6 N–H and O–H groups in total. The molecule has 0 aromatic heterocycles. The number of nitrogens with two attached hydrogens (primary N) is 2. The minimum Gasteiger partial charge on any atom is -0.346 e. The third-order valence-corrected chi connectivity index (χ3v) is 2.22. The lowest BCUT2D eigenvalue weighted by atomic mass is 10.1. The second kappa shape index (κ2) is 10.9. The lowest BCUT2D eigenvalue weighted by Gasteiger charge is -2.11. The van der Waals surface area contributed by atoms with E-state index in [2.05, 4.69) is 5.32 Å². The van der Waals surface area contributed by atoms with E-state index in [-0.39, 0.29) is 46.4 Å². The molecular formula is C11H18Br2N4O2. The van der Waals surface area contributed by atoms with Gasteiger partial charge in [0, 0.05) is 0 Å². The third kappa shape index (κ3) is 7.93. The van der Waals surface area contributed by atoms with Gasteiger partial charge in [-0.3, -0.25) is 15.0 Å². The molecule has 19 heavy (non-hydrogen) atoms. The highest BCUT2D eigenvalue weighted by atomic mass is 79.9. The number of halogens is 2. The van der Waals surface area contributed by atoms with Crippen LogP contribution in [0.4, 0.5) is 0 Å². The van der Waals surface area contributed by atoms with Crippen LogP contribution in [0.1, 0.15) is 5.56 Å². The van der Waals surface area contributed by atoms with Crippen molar-refractivity contribution >= 4 is 45.8 Å². The van der Waals surface area contributed by atoms with Crippen molar-refractivity contribution in [3.63, 3.8) is 0 Å². The molecule has 1 atom stereocenters. The number of carbonyl (C=O) groups is 2. The second-order valence-corrected chi connectivity index (χ2v) is 3.58. The molecule has 0 bridgehead atoms. The largest absolute Gasteiger partial charge is 0.346 e. The minimum absolute atomic E-state index is 0. The van der Waals surface area contributed by atoms with Crippen LogP contribution in [0.15, 0.2) is 30.3 Å². The minimum atomic E-state index is -0.678. The average molecular weight is 398 g/mol. The number of hydrazine groups is 1. The normalized spacial score (nSPS) is 10.4. The molecule has 1 aromatic rings. The topological polar surface area (TPSA) is 110 Å². The highest BCUT2D eigenvalue weighted by Gasteiger charge is 2.14. The molecule has 0 aliphatic heterocycles. The maximum absolute atomic E-state index is 11.5. The molecule has 0 aliphatic rings. The molecule has 0 saturated carbocycles. The van der Waals surface area contributed by atoms with Crippen LogP contribution in [-0.4, -0.2) is 24.4 Å². The zero-order chi connectivity index (χ0) is 12.7. The van der Waals surface area contributed by atoms with Crippen LogP contribution in [0.2, 0.25) is 0 Å². The smallest absolute Gasteiger partial charge is 0.253 e. The van der Waals surface area contributed by atoms with Gasteiger partial charge in [-0.2, -0.15) is 0 Å². The molecule has 0 fully saturated rings. The van der Waals surface area contributed by atoms with E-state index in [0.717, 1.165) is 5.56 Å². The summed E-state index contributed by atoms with van der Waals surface area (Å²) < 4.78 is 0. The zero-order valence-electron chi connectivity index (χ0n) is 10.2. The molecule has 0 radical (unpaired) electrons. The van der Waals surface area contributed by atoms with Gasteiger partial charge in [0.1, 0.15) is 0 Å². The zero-order valence-corrected chi connectivity index (χ0v) is 13.6. The Hall–Kier alpha value is -0.960. The fraction of sp³-hybridized carbons (Fsp3) is 0.273. The van der Waals surface area contributed by atoms with Crippen molar-refractivity contribution < 1.29 is 9.59 Å². The number of nitrogens with one attached hydrogen (secondary N) is 2. The molecule has 0 spiro atoms. The van der Waals surface area contributed by atoms with Gasteiger partial charge >= 0.3 is 0 Å². The van der Waals surface area contributed by atoms with Gasteiger partial charge in [-0.1, -0.05) is 30.3 Å². The standard InChI is InChI=1S/C11H16N4O2.2BrH/c12-9(6-8-4-2-1-3-5-8)11(17)14-7-10(16)15-13;;/h1-5,9H,6-7,12-13H2,(H,14,17)(H,15,16);2*1H/t9-;;/m0../s1. The van der Waals surface area contributed by atoms with Gasteiger partial charge in [0.15, 0.2) is 0 Å². The van der Waals surface area contributed by atoms with E-state index in [4.69, 9.17) is 11.6 Å². The van der Waals surface area contributed by atoms with Crippen molar-refractivity contribution in [1.82, 2.24) is 10.7 Å². The summed E-state index contributed by atoms with van der Waals surface area (Å²) in [6.45, 7) is -0.169. The Morgan fingerprint density at radius 1 is 1.16 bits per heavy atom. The van der Waals surface area contributed by atoms with Crippen molar-refractivity contribution in [3.8, 4) is 0 Å². The van der Waals surface area contributed by atoms with Gasteiger partial charge in [-0.05, 0) is 12.0 Å². The van der Waals surface area contributed by atoms with E-state index in [1.807, 2.05) is 35.8 Å².